The first-order valence-electron chi connectivity index (χ1n) is 8.81. The third-order valence-electron chi connectivity index (χ3n) is 4.37. The molecule has 1 aromatic heterocycles. The third-order valence-corrected chi connectivity index (χ3v) is 5.01. The lowest BCUT2D eigenvalue weighted by molar-refractivity contribution is -0.122. The maximum atomic E-state index is 12.7. The number of ether oxygens (including phenoxy) is 3. The minimum Gasteiger partial charge on any atom is -0.497 e. The van der Waals surface area contributed by atoms with Crippen LogP contribution in [0.4, 0.5) is 10.7 Å². The van der Waals surface area contributed by atoms with E-state index in [1.807, 2.05) is 0 Å². The third kappa shape index (κ3) is 4.29. The fraction of sp³-hybridized carbons (Fsp3) is 0.389. The standard InChI is InChI=1S/C18H20N4O6S/c1-4-28-18(25)15-17(29-21-20-15)19-16(24)10-7-14(23)22(9-10)12-8-11(26-2)5-6-13(12)27-3/h5-6,8,10H,4,7,9H2,1-3H3,(H,19,24). The molecule has 2 amide bonds. The summed E-state index contributed by atoms with van der Waals surface area (Å²) in [6, 6.07) is 5.10. The van der Waals surface area contributed by atoms with E-state index in [9.17, 15) is 14.4 Å². The van der Waals surface area contributed by atoms with Gasteiger partial charge in [-0.3, -0.25) is 9.59 Å². The highest BCUT2D eigenvalue weighted by molar-refractivity contribution is 7.10. The number of rotatable bonds is 7. The van der Waals surface area contributed by atoms with Gasteiger partial charge in [-0.05, 0) is 19.1 Å². The van der Waals surface area contributed by atoms with Crippen LogP contribution in [0.25, 0.3) is 0 Å². The molecule has 1 saturated heterocycles. The number of nitrogens with one attached hydrogen (secondary N) is 1. The van der Waals surface area contributed by atoms with Gasteiger partial charge in [-0.2, -0.15) is 0 Å². The fourth-order valence-electron chi connectivity index (χ4n) is 2.94. The molecule has 0 radical (unpaired) electrons. The zero-order valence-corrected chi connectivity index (χ0v) is 16.9. The van der Waals surface area contributed by atoms with Gasteiger partial charge in [0, 0.05) is 30.6 Å². The Morgan fingerprint density at radius 1 is 1.31 bits per heavy atom. The average Bonchev–Trinajstić information content (AvgIpc) is 3.34. The summed E-state index contributed by atoms with van der Waals surface area (Å²) in [6.07, 6.45) is 0.0210. The number of carbonyl (C=O) groups excluding carboxylic acids is 3. The molecule has 11 heteroatoms. The van der Waals surface area contributed by atoms with Crippen molar-refractivity contribution in [2.45, 2.75) is 13.3 Å². The van der Waals surface area contributed by atoms with Crippen LogP contribution in [-0.4, -0.2) is 54.7 Å². The number of amides is 2. The highest BCUT2D eigenvalue weighted by Crippen LogP contribution is 2.36. The SMILES string of the molecule is CCOC(=O)c1nnsc1NC(=O)C1CC(=O)N(c2cc(OC)ccc2OC)C1. The molecule has 2 aromatic rings. The Morgan fingerprint density at radius 3 is 2.79 bits per heavy atom. The van der Waals surface area contributed by atoms with Crippen LogP contribution in [0.5, 0.6) is 11.5 Å². The Bertz CT molecular complexity index is 931. The minimum atomic E-state index is -0.665. The zero-order chi connectivity index (χ0) is 21.0. The predicted octanol–water partition coefficient (Wildman–Crippen LogP) is 1.72. The van der Waals surface area contributed by atoms with Gasteiger partial charge in [0.1, 0.15) is 11.5 Å². The van der Waals surface area contributed by atoms with Crippen LogP contribution in [0, 0.1) is 5.92 Å². The molecule has 0 spiro atoms. The van der Waals surface area contributed by atoms with E-state index >= 15 is 0 Å². The number of esters is 1. The van der Waals surface area contributed by atoms with Crippen LogP contribution in [0.1, 0.15) is 23.8 Å². The average molecular weight is 420 g/mol. The number of carbonyl (C=O) groups is 3. The first-order chi connectivity index (χ1) is 14.0. The summed E-state index contributed by atoms with van der Waals surface area (Å²) in [5, 5.41) is 6.53. The Hall–Kier alpha value is -3.21. The highest BCUT2D eigenvalue weighted by Gasteiger charge is 2.37. The van der Waals surface area contributed by atoms with Crippen molar-refractivity contribution >= 4 is 40.0 Å². The van der Waals surface area contributed by atoms with Crippen LogP contribution in [0.3, 0.4) is 0 Å². The van der Waals surface area contributed by atoms with Crippen LogP contribution in [0.2, 0.25) is 0 Å². The summed E-state index contributed by atoms with van der Waals surface area (Å²) < 4.78 is 19.1. The van der Waals surface area contributed by atoms with Crippen LogP contribution in [-0.2, 0) is 14.3 Å². The zero-order valence-electron chi connectivity index (χ0n) is 16.1. The largest absolute Gasteiger partial charge is 0.497 e. The molecule has 2 heterocycles. The van der Waals surface area contributed by atoms with Crippen molar-refractivity contribution in [3.05, 3.63) is 23.9 Å². The molecule has 1 aromatic carbocycles. The molecular formula is C18H20N4O6S. The maximum absolute atomic E-state index is 12.7. The molecule has 1 unspecified atom stereocenters. The number of nitrogens with zero attached hydrogens (tertiary/aromatic N) is 3. The lowest BCUT2D eigenvalue weighted by Crippen LogP contribution is -2.28. The number of methoxy groups -OCH3 is 2. The summed E-state index contributed by atoms with van der Waals surface area (Å²) in [5.74, 6) is -0.839. The summed E-state index contributed by atoms with van der Waals surface area (Å²) >= 11 is 0.871. The fourth-order valence-corrected chi connectivity index (χ4v) is 3.50. The van der Waals surface area contributed by atoms with Crippen molar-refractivity contribution in [2.75, 3.05) is 37.6 Å². The molecule has 1 aliphatic heterocycles. The van der Waals surface area contributed by atoms with E-state index in [-0.39, 0.29) is 36.2 Å². The van der Waals surface area contributed by atoms with Gasteiger partial charge in [0.05, 0.1) is 32.4 Å². The highest BCUT2D eigenvalue weighted by atomic mass is 32.1. The Morgan fingerprint density at radius 2 is 2.10 bits per heavy atom. The second-order valence-electron chi connectivity index (χ2n) is 6.10. The van der Waals surface area contributed by atoms with Gasteiger partial charge in [-0.15, -0.1) is 5.10 Å². The van der Waals surface area contributed by atoms with Gasteiger partial charge in [-0.25, -0.2) is 4.79 Å². The van der Waals surface area contributed by atoms with Crippen molar-refractivity contribution in [1.82, 2.24) is 9.59 Å². The molecule has 0 saturated carbocycles. The first-order valence-corrected chi connectivity index (χ1v) is 9.58. The van der Waals surface area contributed by atoms with Gasteiger partial charge in [0.15, 0.2) is 5.00 Å². The van der Waals surface area contributed by atoms with Crippen LogP contribution < -0.4 is 19.7 Å². The van der Waals surface area contributed by atoms with E-state index < -0.39 is 17.8 Å². The van der Waals surface area contributed by atoms with Gasteiger partial charge >= 0.3 is 5.97 Å². The number of hydrogen-bond acceptors (Lipinski definition) is 9. The van der Waals surface area contributed by atoms with Crippen LogP contribution in [0.15, 0.2) is 18.2 Å². The minimum absolute atomic E-state index is 0.0210. The summed E-state index contributed by atoms with van der Waals surface area (Å²) in [5.41, 5.74) is 0.472. The number of benzene rings is 1. The topological polar surface area (TPSA) is 120 Å². The summed E-state index contributed by atoms with van der Waals surface area (Å²) in [7, 11) is 3.03. The molecule has 0 bridgehead atoms. The molecule has 10 nitrogen and oxygen atoms in total. The lowest BCUT2D eigenvalue weighted by Gasteiger charge is -2.20. The Kier molecular flexibility index (Phi) is 6.27. The van der Waals surface area contributed by atoms with Crippen molar-refractivity contribution in [3.8, 4) is 11.5 Å². The first kappa shape index (κ1) is 20.5. The molecular weight excluding hydrogens is 400 g/mol. The number of anilines is 2. The van der Waals surface area contributed by atoms with E-state index in [4.69, 9.17) is 14.2 Å². The van der Waals surface area contributed by atoms with Gasteiger partial charge in [-0.1, -0.05) is 4.49 Å². The molecule has 1 atom stereocenters. The van der Waals surface area contributed by atoms with Crippen molar-refractivity contribution < 1.29 is 28.6 Å². The van der Waals surface area contributed by atoms with E-state index in [1.54, 1.807) is 25.1 Å². The van der Waals surface area contributed by atoms with Gasteiger partial charge in [0.25, 0.3) is 0 Å². The molecule has 1 aliphatic rings. The van der Waals surface area contributed by atoms with E-state index in [0.717, 1.165) is 11.5 Å². The van der Waals surface area contributed by atoms with E-state index in [1.165, 1.54) is 19.1 Å². The predicted molar refractivity (Wildman–Crippen MR) is 105 cm³/mol. The Balaban J connectivity index is 1.75. The maximum Gasteiger partial charge on any atom is 0.362 e. The monoisotopic (exact) mass is 420 g/mol. The second-order valence-corrected chi connectivity index (χ2v) is 6.86. The quantitative estimate of drug-likeness (QED) is 0.673. The van der Waals surface area contributed by atoms with Crippen molar-refractivity contribution in [1.29, 1.82) is 0 Å². The Labute approximate surface area is 170 Å². The van der Waals surface area contributed by atoms with Crippen LogP contribution >= 0.6 is 11.5 Å². The summed E-state index contributed by atoms with van der Waals surface area (Å²) in [6.45, 7) is 2.01. The van der Waals surface area contributed by atoms with E-state index in [2.05, 4.69) is 14.9 Å². The molecule has 1 fully saturated rings. The molecule has 154 valence electrons. The second kappa shape index (κ2) is 8.86. The van der Waals surface area contributed by atoms with Crippen molar-refractivity contribution in [2.24, 2.45) is 5.92 Å². The molecule has 29 heavy (non-hydrogen) atoms. The molecule has 3 rings (SSSR count). The lowest BCUT2D eigenvalue weighted by atomic mass is 10.1. The normalized spacial score (nSPS) is 15.9. The smallest absolute Gasteiger partial charge is 0.362 e. The van der Waals surface area contributed by atoms with Gasteiger partial charge < -0.3 is 24.4 Å². The molecule has 0 aliphatic carbocycles. The van der Waals surface area contributed by atoms with Gasteiger partial charge in [0.2, 0.25) is 17.5 Å². The van der Waals surface area contributed by atoms with E-state index in [0.29, 0.717) is 17.2 Å². The number of hydrogen-bond donors (Lipinski definition) is 1. The number of aromatic nitrogens is 2. The molecule has 1 N–H and O–H groups in total. The summed E-state index contributed by atoms with van der Waals surface area (Å²) in [4.78, 5) is 38.7. The van der Waals surface area contributed by atoms with Crippen molar-refractivity contribution in [3.63, 3.8) is 0 Å².